The zero-order valence-electron chi connectivity index (χ0n) is 16.1. The molecule has 0 spiro atoms. The number of aryl methyl sites for hydroxylation is 2. The Bertz CT molecular complexity index is 952. The number of esters is 1. The van der Waals surface area contributed by atoms with Gasteiger partial charge in [-0.1, -0.05) is 59.7 Å². The Morgan fingerprint density at radius 2 is 1.74 bits per heavy atom. The number of amides is 1. The zero-order chi connectivity index (χ0) is 19.6. The molecule has 0 aliphatic carbocycles. The topological polar surface area (TPSA) is 46.6 Å². The number of allylic oxidation sites excluding steroid dienone is 1. The molecule has 0 N–H and O–H groups in total. The fourth-order valence-electron chi connectivity index (χ4n) is 3.22. The van der Waals surface area contributed by atoms with Crippen LogP contribution in [-0.4, -0.2) is 23.9 Å². The number of hydrogen-bond donors (Lipinski definition) is 0. The van der Waals surface area contributed by atoms with E-state index >= 15 is 0 Å². The molecular weight excluding hydrogens is 338 g/mol. The van der Waals surface area contributed by atoms with E-state index in [0.717, 1.165) is 22.3 Å². The normalized spacial score (nSPS) is 15.6. The van der Waals surface area contributed by atoms with Gasteiger partial charge >= 0.3 is 5.97 Å². The Morgan fingerprint density at radius 1 is 1.04 bits per heavy atom. The summed E-state index contributed by atoms with van der Waals surface area (Å²) in [6.45, 7) is 6.21. The van der Waals surface area contributed by atoms with Crippen LogP contribution in [0.15, 0.2) is 65.4 Å². The molecule has 0 atom stereocenters. The first kappa shape index (κ1) is 18.6. The van der Waals surface area contributed by atoms with Crippen LogP contribution in [0.2, 0.25) is 0 Å². The molecule has 4 nitrogen and oxygen atoms in total. The average molecular weight is 361 g/mol. The van der Waals surface area contributed by atoms with E-state index in [9.17, 15) is 9.59 Å². The molecule has 0 aromatic heterocycles. The maximum atomic E-state index is 13.1. The summed E-state index contributed by atoms with van der Waals surface area (Å²) in [6, 6.07) is 15.8. The summed E-state index contributed by atoms with van der Waals surface area (Å²) >= 11 is 0. The Kier molecular flexibility index (Phi) is 5.26. The summed E-state index contributed by atoms with van der Waals surface area (Å²) in [5.41, 5.74) is 5.46. The first-order valence-corrected chi connectivity index (χ1v) is 8.86. The number of ether oxygens (including phenoxy) is 1. The average Bonchev–Trinajstić information content (AvgIpc) is 2.87. The monoisotopic (exact) mass is 361 g/mol. The van der Waals surface area contributed by atoms with Crippen LogP contribution < -0.4 is 0 Å². The molecule has 0 unspecified atom stereocenters. The quantitative estimate of drug-likeness (QED) is 0.606. The third-order valence-corrected chi connectivity index (χ3v) is 4.72. The van der Waals surface area contributed by atoms with Crippen molar-refractivity contribution in [1.29, 1.82) is 0 Å². The van der Waals surface area contributed by atoms with E-state index in [-0.39, 0.29) is 5.91 Å². The Hall–Kier alpha value is -3.14. The molecule has 1 amide bonds. The number of carbonyl (C=O) groups is 2. The number of rotatable bonds is 4. The fraction of sp³-hybridized carbons (Fsp3) is 0.217. The highest BCUT2D eigenvalue weighted by Crippen LogP contribution is 2.32. The van der Waals surface area contributed by atoms with E-state index in [1.807, 2.05) is 62.4 Å². The lowest BCUT2D eigenvalue weighted by Gasteiger charge is -2.18. The van der Waals surface area contributed by atoms with E-state index in [4.69, 9.17) is 4.74 Å². The van der Waals surface area contributed by atoms with Crippen LogP contribution in [0, 0.1) is 13.8 Å². The summed E-state index contributed by atoms with van der Waals surface area (Å²) in [5, 5.41) is 0. The van der Waals surface area contributed by atoms with Gasteiger partial charge in [0.25, 0.3) is 5.91 Å². The molecule has 1 aliphatic heterocycles. The van der Waals surface area contributed by atoms with E-state index in [1.165, 1.54) is 7.11 Å². The van der Waals surface area contributed by atoms with E-state index in [2.05, 4.69) is 0 Å². The summed E-state index contributed by atoms with van der Waals surface area (Å²) in [7, 11) is 1.33. The van der Waals surface area contributed by atoms with Gasteiger partial charge in [-0.3, -0.25) is 4.79 Å². The smallest absolute Gasteiger partial charge is 0.340 e. The van der Waals surface area contributed by atoms with Crippen molar-refractivity contribution in [1.82, 2.24) is 4.90 Å². The second kappa shape index (κ2) is 7.62. The van der Waals surface area contributed by atoms with Crippen LogP contribution in [0.5, 0.6) is 0 Å². The standard InChI is InChI=1S/C23H23NO3/c1-15-8-10-18(11-9-15)14-24-17(3)21(23(26)27-4)20(22(24)25)13-19-7-5-6-16(2)12-19/h5-13H,14H2,1-4H3/b20-13-. The molecule has 27 heavy (non-hydrogen) atoms. The van der Waals surface area contributed by atoms with Crippen LogP contribution in [0.4, 0.5) is 0 Å². The van der Waals surface area contributed by atoms with E-state index < -0.39 is 5.97 Å². The highest BCUT2D eigenvalue weighted by atomic mass is 16.5. The molecule has 2 aromatic rings. The van der Waals surface area contributed by atoms with Gasteiger partial charge in [0.05, 0.1) is 24.8 Å². The number of nitrogens with zero attached hydrogens (tertiary/aromatic N) is 1. The van der Waals surface area contributed by atoms with Crippen LogP contribution in [-0.2, 0) is 20.9 Å². The van der Waals surface area contributed by atoms with Gasteiger partial charge in [-0.25, -0.2) is 4.79 Å². The lowest BCUT2D eigenvalue weighted by atomic mass is 10.0. The first-order chi connectivity index (χ1) is 12.9. The van der Waals surface area contributed by atoms with Crippen LogP contribution in [0.3, 0.4) is 0 Å². The van der Waals surface area contributed by atoms with Gasteiger partial charge in [-0.15, -0.1) is 0 Å². The highest BCUT2D eigenvalue weighted by Gasteiger charge is 2.36. The van der Waals surface area contributed by atoms with Crippen molar-refractivity contribution in [2.75, 3.05) is 7.11 Å². The van der Waals surface area contributed by atoms with Crippen molar-refractivity contribution in [3.05, 3.63) is 87.6 Å². The molecule has 0 saturated heterocycles. The largest absolute Gasteiger partial charge is 0.465 e. The number of carbonyl (C=O) groups excluding carboxylic acids is 2. The number of hydrogen-bond acceptors (Lipinski definition) is 3. The Morgan fingerprint density at radius 3 is 2.37 bits per heavy atom. The molecule has 0 fully saturated rings. The van der Waals surface area contributed by atoms with Crippen molar-refractivity contribution in [3.8, 4) is 0 Å². The summed E-state index contributed by atoms with van der Waals surface area (Å²) < 4.78 is 4.94. The predicted molar refractivity (Wildman–Crippen MR) is 106 cm³/mol. The fourth-order valence-corrected chi connectivity index (χ4v) is 3.22. The van der Waals surface area contributed by atoms with Gasteiger partial charge < -0.3 is 9.64 Å². The van der Waals surface area contributed by atoms with E-state index in [1.54, 1.807) is 17.9 Å². The van der Waals surface area contributed by atoms with E-state index in [0.29, 0.717) is 23.4 Å². The van der Waals surface area contributed by atoms with Gasteiger partial charge in [-0.05, 0) is 38.0 Å². The van der Waals surface area contributed by atoms with Crippen molar-refractivity contribution in [2.24, 2.45) is 0 Å². The zero-order valence-corrected chi connectivity index (χ0v) is 16.1. The second-order valence-corrected chi connectivity index (χ2v) is 6.80. The molecule has 0 bridgehead atoms. The number of benzene rings is 2. The third-order valence-electron chi connectivity index (χ3n) is 4.72. The molecule has 0 saturated carbocycles. The Labute approximate surface area is 159 Å². The van der Waals surface area contributed by atoms with Crippen molar-refractivity contribution < 1.29 is 14.3 Å². The lowest BCUT2D eigenvalue weighted by molar-refractivity contribution is -0.136. The molecular formula is C23H23NO3. The minimum absolute atomic E-state index is 0.185. The van der Waals surface area contributed by atoms with Gasteiger partial charge in [0.2, 0.25) is 0 Å². The minimum Gasteiger partial charge on any atom is -0.465 e. The van der Waals surface area contributed by atoms with Crippen molar-refractivity contribution >= 4 is 18.0 Å². The lowest BCUT2D eigenvalue weighted by Crippen LogP contribution is -2.24. The molecule has 4 heteroatoms. The first-order valence-electron chi connectivity index (χ1n) is 8.86. The second-order valence-electron chi connectivity index (χ2n) is 6.80. The SMILES string of the molecule is COC(=O)C1=C(C)N(Cc2ccc(C)cc2)C(=O)/C1=C\c1cccc(C)c1. The van der Waals surface area contributed by atoms with Crippen molar-refractivity contribution in [3.63, 3.8) is 0 Å². The minimum atomic E-state index is -0.494. The van der Waals surface area contributed by atoms with Gasteiger partial charge in [0.15, 0.2) is 0 Å². The molecule has 2 aromatic carbocycles. The van der Waals surface area contributed by atoms with Crippen LogP contribution >= 0.6 is 0 Å². The predicted octanol–water partition coefficient (Wildman–Crippen LogP) is 4.18. The van der Waals surface area contributed by atoms with Crippen LogP contribution in [0.1, 0.15) is 29.2 Å². The highest BCUT2D eigenvalue weighted by molar-refractivity contribution is 6.16. The van der Waals surface area contributed by atoms with Crippen LogP contribution in [0.25, 0.3) is 6.08 Å². The summed E-state index contributed by atoms with van der Waals surface area (Å²) in [4.78, 5) is 27.1. The third kappa shape index (κ3) is 3.85. The van der Waals surface area contributed by atoms with Gasteiger partial charge in [0, 0.05) is 5.70 Å². The molecule has 1 aliphatic rings. The maximum absolute atomic E-state index is 13.1. The maximum Gasteiger partial charge on any atom is 0.340 e. The molecule has 0 radical (unpaired) electrons. The summed E-state index contributed by atoms with van der Waals surface area (Å²) in [6.07, 6.45) is 1.76. The molecule has 1 heterocycles. The molecule has 138 valence electrons. The Balaban J connectivity index is 2.02. The van der Waals surface area contributed by atoms with Crippen molar-refractivity contribution in [2.45, 2.75) is 27.3 Å². The van der Waals surface area contributed by atoms with Gasteiger partial charge in [0.1, 0.15) is 0 Å². The summed E-state index contributed by atoms with van der Waals surface area (Å²) in [5.74, 6) is -0.679. The number of methoxy groups -OCH3 is 1. The van der Waals surface area contributed by atoms with Gasteiger partial charge in [-0.2, -0.15) is 0 Å². The molecule has 3 rings (SSSR count).